The van der Waals surface area contributed by atoms with Crippen LogP contribution in [0.25, 0.3) is 0 Å². The topological polar surface area (TPSA) is 67.2 Å². The molecule has 0 aromatic heterocycles. The van der Waals surface area contributed by atoms with Gasteiger partial charge in [0.1, 0.15) is 6.04 Å². The van der Waals surface area contributed by atoms with Gasteiger partial charge in [0.2, 0.25) is 5.91 Å². The van der Waals surface area contributed by atoms with Crippen molar-refractivity contribution in [3.05, 3.63) is 23.8 Å². The van der Waals surface area contributed by atoms with E-state index >= 15 is 0 Å². The quantitative estimate of drug-likeness (QED) is 0.651. The lowest BCUT2D eigenvalue weighted by atomic mass is 10.2. The van der Waals surface area contributed by atoms with Crippen LogP contribution >= 0.6 is 0 Å². The minimum absolute atomic E-state index is 0.0462. The predicted octanol–water partition coefficient (Wildman–Crippen LogP) is 1.12. The van der Waals surface area contributed by atoms with Gasteiger partial charge in [-0.1, -0.05) is 0 Å². The van der Waals surface area contributed by atoms with Crippen LogP contribution in [0.3, 0.4) is 0 Å². The first-order chi connectivity index (χ1) is 7.02. The minimum atomic E-state index is -0.267. The van der Waals surface area contributed by atoms with E-state index in [2.05, 4.69) is 10.6 Å². The highest BCUT2D eigenvalue weighted by Gasteiger charge is 2.10. The third-order valence-electron chi connectivity index (χ3n) is 2.12. The summed E-state index contributed by atoms with van der Waals surface area (Å²) in [5, 5.41) is 5.66. The molecule has 0 aliphatic heterocycles. The highest BCUT2D eigenvalue weighted by atomic mass is 16.2. The number of anilines is 2. The van der Waals surface area contributed by atoms with Crippen LogP contribution < -0.4 is 16.4 Å². The molecule has 0 heterocycles. The van der Waals surface area contributed by atoms with E-state index in [-0.39, 0.29) is 11.9 Å². The molecule has 15 heavy (non-hydrogen) atoms. The zero-order valence-electron chi connectivity index (χ0n) is 9.29. The number of aryl methyl sites for hydroxylation is 1. The fourth-order valence-corrected chi connectivity index (χ4v) is 1.43. The van der Waals surface area contributed by atoms with Gasteiger partial charge in [-0.25, -0.2) is 0 Å². The molecule has 1 aromatic carbocycles. The smallest absolute Gasteiger partial charge is 0.241 e. The van der Waals surface area contributed by atoms with Gasteiger partial charge in [-0.05, 0) is 37.6 Å². The van der Waals surface area contributed by atoms with Crippen LogP contribution in [-0.2, 0) is 4.79 Å². The average molecular weight is 207 g/mol. The summed E-state index contributed by atoms with van der Waals surface area (Å²) < 4.78 is 0. The fraction of sp³-hybridized carbons (Fsp3) is 0.364. The Morgan fingerprint density at radius 3 is 2.60 bits per heavy atom. The van der Waals surface area contributed by atoms with Crippen molar-refractivity contribution in [2.75, 3.05) is 18.1 Å². The molecule has 1 atom stereocenters. The van der Waals surface area contributed by atoms with Gasteiger partial charge in [-0.2, -0.15) is 0 Å². The lowest BCUT2D eigenvalue weighted by Crippen LogP contribution is -2.35. The Kier molecular flexibility index (Phi) is 3.55. The second kappa shape index (κ2) is 4.68. The summed E-state index contributed by atoms with van der Waals surface area (Å²) >= 11 is 0. The summed E-state index contributed by atoms with van der Waals surface area (Å²) in [5.41, 5.74) is 8.33. The first-order valence-electron chi connectivity index (χ1n) is 4.88. The van der Waals surface area contributed by atoms with Crippen LogP contribution in [0, 0.1) is 6.92 Å². The Morgan fingerprint density at radius 1 is 1.40 bits per heavy atom. The minimum Gasteiger partial charge on any atom is -0.399 e. The lowest BCUT2D eigenvalue weighted by molar-refractivity contribution is -0.121. The maximum Gasteiger partial charge on any atom is 0.241 e. The Morgan fingerprint density at radius 2 is 2.07 bits per heavy atom. The second-order valence-corrected chi connectivity index (χ2v) is 3.61. The Bertz CT molecular complexity index is 343. The summed E-state index contributed by atoms with van der Waals surface area (Å²) in [6.45, 7) is 3.77. The van der Waals surface area contributed by atoms with Crippen LogP contribution in [0.4, 0.5) is 11.4 Å². The average Bonchev–Trinajstić information content (AvgIpc) is 2.14. The van der Waals surface area contributed by atoms with Gasteiger partial charge in [-0.15, -0.1) is 0 Å². The van der Waals surface area contributed by atoms with Crippen molar-refractivity contribution < 1.29 is 4.79 Å². The number of carbonyl (C=O) groups excluding carboxylic acids is 1. The van der Waals surface area contributed by atoms with Crippen LogP contribution in [0.5, 0.6) is 0 Å². The molecular weight excluding hydrogens is 190 g/mol. The number of hydrogen-bond acceptors (Lipinski definition) is 3. The van der Waals surface area contributed by atoms with Crippen molar-refractivity contribution >= 4 is 17.3 Å². The summed E-state index contributed by atoms with van der Waals surface area (Å²) in [4.78, 5) is 11.3. The van der Waals surface area contributed by atoms with Crippen molar-refractivity contribution in [3.63, 3.8) is 0 Å². The molecular formula is C11H17N3O. The number of nitrogens with two attached hydrogens (primary N) is 1. The normalized spacial score (nSPS) is 11.9. The largest absolute Gasteiger partial charge is 0.399 e. The van der Waals surface area contributed by atoms with E-state index in [1.54, 1.807) is 14.0 Å². The predicted molar refractivity (Wildman–Crippen MR) is 62.7 cm³/mol. The third kappa shape index (κ3) is 3.16. The van der Waals surface area contributed by atoms with Gasteiger partial charge in [0.25, 0.3) is 0 Å². The van der Waals surface area contributed by atoms with Gasteiger partial charge < -0.3 is 16.4 Å². The van der Waals surface area contributed by atoms with Gasteiger partial charge in [-0.3, -0.25) is 4.79 Å². The van der Waals surface area contributed by atoms with Crippen molar-refractivity contribution in [1.82, 2.24) is 5.32 Å². The van der Waals surface area contributed by atoms with Gasteiger partial charge in [0.05, 0.1) is 0 Å². The summed E-state index contributed by atoms with van der Waals surface area (Å²) in [6.07, 6.45) is 0. The molecule has 4 nitrogen and oxygen atoms in total. The first-order valence-corrected chi connectivity index (χ1v) is 4.88. The molecule has 0 bridgehead atoms. The molecule has 82 valence electrons. The molecule has 4 heteroatoms. The van der Waals surface area contributed by atoms with Crippen LogP contribution in [0.15, 0.2) is 18.2 Å². The summed E-state index contributed by atoms with van der Waals surface area (Å²) in [5.74, 6) is -0.0462. The standard InChI is InChI=1S/C11H17N3O/c1-7-4-9(12)6-10(5-7)14-8(2)11(15)13-3/h4-6,8,14H,12H2,1-3H3,(H,13,15). The number of nitrogens with one attached hydrogen (secondary N) is 2. The Hall–Kier alpha value is -1.71. The second-order valence-electron chi connectivity index (χ2n) is 3.61. The van der Waals surface area contributed by atoms with Gasteiger partial charge in [0, 0.05) is 18.4 Å². The van der Waals surface area contributed by atoms with Crippen LogP contribution in [0.1, 0.15) is 12.5 Å². The van der Waals surface area contributed by atoms with Crippen LogP contribution in [-0.4, -0.2) is 19.0 Å². The van der Waals surface area contributed by atoms with Crippen LogP contribution in [0.2, 0.25) is 0 Å². The van der Waals surface area contributed by atoms with Crippen molar-refractivity contribution in [1.29, 1.82) is 0 Å². The molecule has 0 saturated carbocycles. The number of benzene rings is 1. The fourth-order valence-electron chi connectivity index (χ4n) is 1.43. The van der Waals surface area contributed by atoms with E-state index < -0.39 is 0 Å². The van der Waals surface area contributed by atoms with E-state index in [4.69, 9.17) is 5.73 Å². The number of rotatable bonds is 3. The Labute approximate surface area is 89.9 Å². The molecule has 0 aliphatic carbocycles. The Balaban J connectivity index is 2.76. The van der Waals surface area contributed by atoms with Gasteiger partial charge in [0.15, 0.2) is 0 Å². The molecule has 4 N–H and O–H groups in total. The molecule has 0 aliphatic rings. The number of likely N-dealkylation sites (N-methyl/N-ethyl adjacent to an activating group) is 1. The molecule has 0 fully saturated rings. The van der Waals surface area contributed by atoms with E-state index in [0.29, 0.717) is 5.69 Å². The highest BCUT2D eigenvalue weighted by molar-refractivity contribution is 5.84. The highest BCUT2D eigenvalue weighted by Crippen LogP contribution is 2.16. The third-order valence-corrected chi connectivity index (χ3v) is 2.12. The lowest BCUT2D eigenvalue weighted by Gasteiger charge is -2.14. The monoisotopic (exact) mass is 207 g/mol. The van der Waals surface area contributed by atoms with E-state index in [9.17, 15) is 4.79 Å². The van der Waals surface area contributed by atoms with Crippen molar-refractivity contribution in [2.24, 2.45) is 0 Å². The first kappa shape index (κ1) is 11.4. The van der Waals surface area contributed by atoms with Crippen molar-refractivity contribution in [2.45, 2.75) is 19.9 Å². The molecule has 1 rings (SSSR count). The van der Waals surface area contributed by atoms with E-state index in [1.165, 1.54) is 0 Å². The molecule has 0 spiro atoms. The molecule has 0 radical (unpaired) electrons. The maximum absolute atomic E-state index is 11.3. The molecule has 1 aromatic rings. The number of carbonyl (C=O) groups is 1. The summed E-state index contributed by atoms with van der Waals surface area (Å²) in [7, 11) is 1.62. The molecule has 0 saturated heterocycles. The zero-order chi connectivity index (χ0) is 11.4. The number of amides is 1. The van der Waals surface area contributed by atoms with Gasteiger partial charge >= 0.3 is 0 Å². The summed E-state index contributed by atoms with van der Waals surface area (Å²) in [6, 6.07) is 5.38. The SMILES string of the molecule is CNC(=O)C(C)Nc1cc(C)cc(N)c1. The number of nitrogen functional groups attached to an aromatic ring is 1. The number of hydrogen-bond donors (Lipinski definition) is 3. The van der Waals surface area contributed by atoms with E-state index in [1.807, 2.05) is 25.1 Å². The molecule has 1 amide bonds. The van der Waals surface area contributed by atoms with Crippen molar-refractivity contribution in [3.8, 4) is 0 Å². The maximum atomic E-state index is 11.3. The van der Waals surface area contributed by atoms with E-state index in [0.717, 1.165) is 11.3 Å². The molecule has 1 unspecified atom stereocenters. The zero-order valence-corrected chi connectivity index (χ0v) is 9.29.